The summed E-state index contributed by atoms with van der Waals surface area (Å²) in [4.78, 5) is 13.7. The molecule has 4 heteroatoms. The average Bonchev–Trinajstić information content (AvgIpc) is 2.53. The number of rotatable bonds is 2. The van der Waals surface area contributed by atoms with Gasteiger partial charge in [-0.2, -0.15) is 0 Å². The van der Waals surface area contributed by atoms with Crippen LogP contribution in [-0.4, -0.2) is 23.2 Å². The minimum Gasteiger partial charge on any atom is -0.336 e. The standard InChI is InChI=1S/C17H15ClFNO/c18-9-17(21)20-10-13-4-1-2-7-15(13)16(11-20)12-5-3-6-14(19)8-12/h1-8,16H,9-11H2/t16-/m0/s1. The number of halogens is 2. The molecule has 3 rings (SSSR count). The molecule has 0 aliphatic carbocycles. The predicted molar refractivity (Wildman–Crippen MR) is 80.8 cm³/mol. The first-order valence-corrected chi connectivity index (χ1v) is 7.39. The zero-order valence-electron chi connectivity index (χ0n) is 11.4. The van der Waals surface area contributed by atoms with E-state index in [2.05, 4.69) is 0 Å². The lowest BCUT2D eigenvalue weighted by atomic mass is 9.84. The van der Waals surface area contributed by atoms with Gasteiger partial charge in [-0.05, 0) is 28.8 Å². The van der Waals surface area contributed by atoms with Gasteiger partial charge in [0, 0.05) is 19.0 Å². The molecule has 0 saturated heterocycles. The molecule has 2 aromatic rings. The molecule has 2 nitrogen and oxygen atoms in total. The van der Waals surface area contributed by atoms with Gasteiger partial charge in [0.25, 0.3) is 0 Å². The zero-order chi connectivity index (χ0) is 14.8. The highest BCUT2D eigenvalue weighted by atomic mass is 35.5. The SMILES string of the molecule is O=C(CCl)N1Cc2ccccc2[C@H](c2cccc(F)c2)C1. The van der Waals surface area contributed by atoms with Crippen molar-refractivity contribution >= 4 is 17.5 Å². The lowest BCUT2D eigenvalue weighted by molar-refractivity contribution is -0.129. The van der Waals surface area contributed by atoms with Crippen molar-refractivity contribution in [2.45, 2.75) is 12.5 Å². The number of hydrogen-bond acceptors (Lipinski definition) is 1. The van der Waals surface area contributed by atoms with E-state index in [4.69, 9.17) is 11.6 Å². The molecule has 1 heterocycles. The molecule has 0 unspecified atom stereocenters. The summed E-state index contributed by atoms with van der Waals surface area (Å²) in [6.07, 6.45) is 0. The summed E-state index contributed by atoms with van der Waals surface area (Å²) in [5.41, 5.74) is 3.13. The highest BCUT2D eigenvalue weighted by Gasteiger charge is 2.28. The molecule has 0 spiro atoms. The second kappa shape index (κ2) is 5.86. The van der Waals surface area contributed by atoms with Crippen molar-refractivity contribution < 1.29 is 9.18 Å². The highest BCUT2D eigenvalue weighted by molar-refractivity contribution is 6.27. The van der Waals surface area contributed by atoms with E-state index in [1.165, 1.54) is 12.1 Å². The molecule has 108 valence electrons. The van der Waals surface area contributed by atoms with Gasteiger partial charge < -0.3 is 4.90 Å². The first kappa shape index (κ1) is 14.1. The minimum atomic E-state index is -0.259. The smallest absolute Gasteiger partial charge is 0.237 e. The fourth-order valence-electron chi connectivity index (χ4n) is 2.89. The molecule has 0 aromatic heterocycles. The van der Waals surface area contributed by atoms with Gasteiger partial charge in [0.15, 0.2) is 0 Å². The van der Waals surface area contributed by atoms with Gasteiger partial charge in [0.1, 0.15) is 11.7 Å². The maximum absolute atomic E-state index is 13.5. The molecular formula is C17H15ClFNO. The maximum Gasteiger partial charge on any atom is 0.237 e. The van der Waals surface area contributed by atoms with Crippen LogP contribution in [0.5, 0.6) is 0 Å². The second-order valence-corrected chi connectivity index (χ2v) is 5.48. The van der Waals surface area contributed by atoms with Crippen LogP contribution in [0.1, 0.15) is 22.6 Å². The third-order valence-corrected chi connectivity index (χ3v) is 4.14. The Kier molecular flexibility index (Phi) is 3.93. The van der Waals surface area contributed by atoms with E-state index in [1.54, 1.807) is 11.0 Å². The quantitative estimate of drug-likeness (QED) is 0.777. The zero-order valence-corrected chi connectivity index (χ0v) is 12.2. The van der Waals surface area contributed by atoms with Gasteiger partial charge in [0.05, 0.1) is 0 Å². The molecule has 1 atom stereocenters. The van der Waals surface area contributed by atoms with Gasteiger partial charge in [-0.1, -0.05) is 36.4 Å². The van der Waals surface area contributed by atoms with Gasteiger partial charge in [-0.15, -0.1) is 11.6 Å². The normalized spacial score (nSPS) is 17.4. The molecular weight excluding hydrogens is 289 g/mol. The Morgan fingerprint density at radius 2 is 2.05 bits per heavy atom. The van der Waals surface area contributed by atoms with Crippen LogP contribution in [0, 0.1) is 5.82 Å². The van der Waals surface area contributed by atoms with Crippen LogP contribution in [0.15, 0.2) is 48.5 Å². The van der Waals surface area contributed by atoms with E-state index in [0.29, 0.717) is 13.1 Å². The Balaban J connectivity index is 2.04. The molecule has 1 aliphatic heterocycles. The summed E-state index contributed by atoms with van der Waals surface area (Å²) >= 11 is 5.68. The third kappa shape index (κ3) is 2.79. The van der Waals surface area contributed by atoms with Crippen LogP contribution in [0.3, 0.4) is 0 Å². The summed E-state index contributed by atoms with van der Waals surface area (Å²) in [6.45, 7) is 1.10. The van der Waals surface area contributed by atoms with E-state index in [9.17, 15) is 9.18 Å². The summed E-state index contributed by atoms with van der Waals surface area (Å²) in [6, 6.07) is 14.6. The van der Waals surface area contributed by atoms with Crippen molar-refractivity contribution in [3.05, 3.63) is 71.0 Å². The second-order valence-electron chi connectivity index (χ2n) is 5.21. The maximum atomic E-state index is 13.5. The van der Waals surface area contributed by atoms with E-state index in [1.807, 2.05) is 30.3 Å². The molecule has 1 amide bonds. The first-order chi connectivity index (χ1) is 10.2. The Bertz CT molecular complexity index is 673. The number of benzene rings is 2. The molecule has 2 aromatic carbocycles. The van der Waals surface area contributed by atoms with Crippen molar-refractivity contribution in [3.63, 3.8) is 0 Å². The van der Waals surface area contributed by atoms with Crippen LogP contribution in [0.25, 0.3) is 0 Å². The fourth-order valence-corrected chi connectivity index (χ4v) is 3.06. The summed E-state index contributed by atoms with van der Waals surface area (Å²) < 4.78 is 13.5. The minimum absolute atomic E-state index is 0.0159. The van der Waals surface area contributed by atoms with Crippen molar-refractivity contribution in [1.82, 2.24) is 4.90 Å². The molecule has 0 N–H and O–H groups in total. The number of fused-ring (bicyclic) bond motifs is 1. The van der Waals surface area contributed by atoms with Gasteiger partial charge in [-0.25, -0.2) is 4.39 Å². The summed E-state index contributed by atoms with van der Waals surface area (Å²) in [7, 11) is 0. The van der Waals surface area contributed by atoms with E-state index in [-0.39, 0.29) is 23.5 Å². The van der Waals surface area contributed by atoms with Gasteiger partial charge >= 0.3 is 0 Å². The topological polar surface area (TPSA) is 20.3 Å². The number of carbonyl (C=O) groups is 1. The van der Waals surface area contributed by atoms with Crippen molar-refractivity contribution in [2.75, 3.05) is 12.4 Å². The van der Waals surface area contributed by atoms with E-state index >= 15 is 0 Å². The molecule has 0 radical (unpaired) electrons. The number of hydrogen-bond donors (Lipinski definition) is 0. The Morgan fingerprint density at radius 1 is 1.24 bits per heavy atom. The van der Waals surface area contributed by atoms with Crippen LogP contribution < -0.4 is 0 Å². The lowest BCUT2D eigenvalue weighted by Crippen LogP contribution is -2.39. The van der Waals surface area contributed by atoms with Crippen LogP contribution in [-0.2, 0) is 11.3 Å². The summed E-state index contributed by atoms with van der Waals surface area (Å²) in [5, 5.41) is 0. The monoisotopic (exact) mass is 303 g/mol. The number of carbonyl (C=O) groups excluding carboxylic acids is 1. The lowest BCUT2D eigenvalue weighted by Gasteiger charge is -2.34. The fraction of sp³-hybridized carbons (Fsp3) is 0.235. The Labute approximate surface area is 128 Å². The van der Waals surface area contributed by atoms with Crippen LogP contribution in [0.2, 0.25) is 0 Å². The van der Waals surface area contributed by atoms with Gasteiger partial charge in [-0.3, -0.25) is 4.79 Å². The van der Waals surface area contributed by atoms with Crippen molar-refractivity contribution in [3.8, 4) is 0 Å². The summed E-state index contributed by atoms with van der Waals surface area (Å²) in [5.74, 6) is -0.394. The Morgan fingerprint density at radius 3 is 2.81 bits per heavy atom. The highest BCUT2D eigenvalue weighted by Crippen LogP contribution is 2.33. The van der Waals surface area contributed by atoms with Crippen LogP contribution >= 0.6 is 11.6 Å². The molecule has 21 heavy (non-hydrogen) atoms. The Hall–Kier alpha value is -1.87. The molecule has 0 fully saturated rings. The number of alkyl halides is 1. The third-order valence-electron chi connectivity index (χ3n) is 3.91. The van der Waals surface area contributed by atoms with Crippen molar-refractivity contribution in [2.24, 2.45) is 0 Å². The molecule has 0 bridgehead atoms. The van der Waals surface area contributed by atoms with E-state index in [0.717, 1.165) is 16.7 Å². The largest absolute Gasteiger partial charge is 0.336 e. The van der Waals surface area contributed by atoms with Gasteiger partial charge in [0.2, 0.25) is 5.91 Å². The first-order valence-electron chi connectivity index (χ1n) is 6.86. The average molecular weight is 304 g/mol. The van der Waals surface area contributed by atoms with Crippen LogP contribution in [0.4, 0.5) is 4.39 Å². The van der Waals surface area contributed by atoms with E-state index < -0.39 is 0 Å². The molecule has 0 saturated carbocycles. The predicted octanol–water partition coefficient (Wildman–Crippen LogP) is 3.54. The molecule has 1 aliphatic rings. The number of nitrogens with zero attached hydrogens (tertiary/aromatic N) is 1. The number of amides is 1. The van der Waals surface area contributed by atoms with Crippen molar-refractivity contribution in [1.29, 1.82) is 0 Å².